The molecule has 0 aliphatic carbocycles. The summed E-state index contributed by atoms with van der Waals surface area (Å²) >= 11 is 0. The van der Waals surface area contributed by atoms with E-state index < -0.39 is 0 Å². The summed E-state index contributed by atoms with van der Waals surface area (Å²) in [4.78, 5) is 0. The monoisotopic (exact) mass is 180 g/mol. The van der Waals surface area contributed by atoms with E-state index in [1.807, 2.05) is 0 Å². The van der Waals surface area contributed by atoms with Crippen LogP contribution in [0.4, 0.5) is 0 Å². The van der Waals surface area contributed by atoms with Crippen molar-refractivity contribution >= 4 is 0 Å². The Labute approximate surface area is 79.1 Å². The molecule has 2 atom stereocenters. The molecule has 0 bridgehead atoms. The average molecular weight is 180 g/mol. The molecule has 13 heavy (non-hydrogen) atoms. The van der Waals surface area contributed by atoms with E-state index in [0.717, 1.165) is 38.8 Å². The standard InChI is InChI=1S/C10H16N2O/c11-8-9-10(5-3-6-12-9)4-1-2-7-13-10/h9,12H,1-7H2/t9-,10+/m0/s1. The fourth-order valence-electron chi connectivity index (χ4n) is 2.43. The van der Waals surface area contributed by atoms with Crippen molar-refractivity contribution in [3.8, 4) is 6.07 Å². The summed E-state index contributed by atoms with van der Waals surface area (Å²) in [5.74, 6) is 0. The maximum Gasteiger partial charge on any atom is 0.125 e. The highest BCUT2D eigenvalue weighted by Gasteiger charge is 2.42. The molecular formula is C10H16N2O. The van der Waals surface area contributed by atoms with Gasteiger partial charge in [0.05, 0.1) is 11.7 Å². The van der Waals surface area contributed by atoms with Crippen LogP contribution in [0.15, 0.2) is 0 Å². The number of ether oxygens (including phenoxy) is 1. The predicted octanol–water partition coefficient (Wildman–Crippen LogP) is 1.20. The van der Waals surface area contributed by atoms with Gasteiger partial charge in [0.1, 0.15) is 6.04 Å². The minimum Gasteiger partial charge on any atom is -0.372 e. The molecular weight excluding hydrogens is 164 g/mol. The van der Waals surface area contributed by atoms with Gasteiger partial charge in [0.25, 0.3) is 0 Å². The van der Waals surface area contributed by atoms with Crippen LogP contribution < -0.4 is 5.32 Å². The highest BCUT2D eigenvalue weighted by atomic mass is 16.5. The van der Waals surface area contributed by atoms with Crippen LogP contribution in [0.5, 0.6) is 0 Å². The molecule has 2 rings (SSSR count). The minimum atomic E-state index is -0.148. The summed E-state index contributed by atoms with van der Waals surface area (Å²) in [6.45, 7) is 1.79. The van der Waals surface area contributed by atoms with E-state index >= 15 is 0 Å². The van der Waals surface area contributed by atoms with Crippen molar-refractivity contribution < 1.29 is 4.74 Å². The largest absolute Gasteiger partial charge is 0.372 e. The molecule has 1 spiro atoms. The third kappa shape index (κ3) is 1.56. The second kappa shape index (κ2) is 3.65. The van der Waals surface area contributed by atoms with Gasteiger partial charge in [-0.1, -0.05) is 0 Å². The first kappa shape index (κ1) is 8.98. The van der Waals surface area contributed by atoms with Crippen LogP contribution in [-0.2, 0) is 4.74 Å². The summed E-state index contributed by atoms with van der Waals surface area (Å²) < 4.78 is 5.82. The maximum absolute atomic E-state index is 9.02. The molecule has 1 N–H and O–H groups in total. The van der Waals surface area contributed by atoms with Gasteiger partial charge in [0.15, 0.2) is 0 Å². The van der Waals surface area contributed by atoms with Crippen LogP contribution in [0.25, 0.3) is 0 Å². The highest BCUT2D eigenvalue weighted by molar-refractivity contribution is 5.08. The van der Waals surface area contributed by atoms with Crippen molar-refractivity contribution in [2.45, 2.75) is 43.7 Å². The summed E-state index contributed by atoms with van der Waals surface area (Å²) in [5.41, 5.74) is -0.148. The number of piperidine rings is 1. The molecule has 0 aromatic rings. The summed E-state index contributed by atoms with van der Waals surface area (Å²) in [6.07, 6.45) is 5.61. The predicted molar refractivity (Wildman–Crippen MR) is 49.2 cm³/mol. The maximum atomic E-state index is 9.02. The average Bonchev–Trinajstić information content (AvgIpc) is 2.20. The van der Waals surface area contributed by atoms with E-state index in [-0.39, 0.29) is 11.6 Å². The first-order chi connectivity index (χ1) is 6.37. The fraction of sp³-hybridized carbons (Fsp3) is 0.900. The normalized spacial score (nSPS) is 40.1. The number of nitrogens with zero attached hydrogens (tertiary/aromatic N) is 1. The first-order valence-electron chi connectivity index (χ1n) is 5.14. The van der Waals surface area contributed by atoms with Crippen molar-refractivity contribution in [3.05, 3.63) is 0 Å². The SMILES string of the molecule is N#C[C@@H]1NCCC[C@]12CCCCO2. The van der Waals surface area contributed by atoms with Gasteiger partial charge in [-0.15, -0.1) is 0 Å². The Kier molecular flexibility index (Phi) is 2.52. The molecule has 0 amide bonds. The van der Waals surface area contributed by atoms with Gasteiger partial charge in [0, 0.05) is 6.61 Å². The van der Waals surface area contributed by atoms with Gasteiger partial charge >= 0.3 is 0 Å². The summed E-state index contributed by atoms with van der Waals surface area (Å²) in [6, 6.07) is 2.25. The molecule has 3 heteroatoms. The van der Waals surface area contributed by atoms with E-state index in [2.05, 4.69) is 11.4 Å². The molecule has 0 unspecified atom stereocenters. The van der Waals surface area contributed by atoms with Gasteiger partial charge in [0.2, 0.25) is 0 Å². The molecule has 2 aliphatic rings. The number of nitriles is 1. The van der Waals surface area contributed by atoms with E-state index in [1.165, 1.54) is 6.42 Å². The summed E-state index contributed by atoms with van der Waals surface area (Å²) in [5, 5.41) is 12.3. The zero-order chi connectivity index (χ0) is 9.15. The Balaban J connectivity index is 2.11. The van der Waals surface area contributed by atoms with Gasteiger partial charge in [-0.3, -0.25) is 5.32 Å². The van der Waals surface area contributed by atoms with Crippen molar-refractivity contribution in [1.82, 2.24) is 5.32 Å². The van der Waals surface area contributed by atoms with Gasteiger partial charge in [-0.2, -0.15) is 5.26 Å². The molecule has 2 heterocycles. The Bertz CT molecular complexity index is 207. The summed E-state index contributed by atoms with van der Waals surface area (Å²) in [7, 11) is 0. The van der Waals surface area contributed by atoms with Crippen LogP contribution in [0, 0.1) is 11.3 Å². The second-order valence-corrected chi connectivity index (χ2v) is 3.99. The lowest BCUT2D eigenvalue weighted by Gasteiger charge is -2.43. The van der Waals surface area contributed by atoms with E-state index in [0.29, 0.717) is 0 Å². The van der Waals surface area contributed by atoms with Crippen LogP contribution in [0.3, 0.4) is 0 Å². The lowest BCUT2D eigenvalue weighted by molar-refractivity contribution is -0.105. The molecule has 2 saturated heterocycles. The van der Waals surface area contributed by atoms with Crippen molar-refractivity contribution in [2.24, 2.45) is 0 Å². The van der Waals surface area contributed by atoms with Gasteiger partial charge in [-0.25, -0.2) is 0 Å². The van der Waals surface area contributed by atoms with Crippen LogP contribution >= 0.6 is 0 Å². The third-order valence-corrected chi connectivity index (χ3v) is 3.16. The zero-order valence-corrected chi connectivity index (χ0v) is 7.88. The Morgan fingerprint density at radius 3 is 2.85 bits per heavy atom. The van der Waals surface area contributed by atoms with Crippen molar-refractivity contribution in [1.29, 1.82) is 5.26 Å². The molecule has 0 aromatic carbocycles. The van der Waals surface area contributed by atoms with Crippen LogP contribution in [0.2, 0.25) is 0 Å². The Morgan fingerprint density at radius 1 is 1.31 bits per heavy atom. The second-order valence-electron chi connectivity index (χ2n) is 3.99. The Hall–Kier alpha value is -0.590. The number of nitrogens with one attached hydrogen (secondary N) is 1. The highest BCUT2D eigenvalue weighted by Crippen LogP contribution is 2.34. The fourth-order valence-corrected chi connectivity index (χ4v) is 2.43. The molecule has 0 aromatic heterocycles. The van der Waals surface area contributed by atoms with Crippen molar-refractivity contribution in [3.63, 3.8) is 0 Å². The number of hydrogen-bond acceptors (Lipinski definition) is 3. The smallest absolute Gasteiger partial charge is 0.125 e. The molecule has 2 fully saturated rings. The lowest BCUT2D eigenvalue weighted by atomic mass is 9.80. The van der Waals surface area contributed by atoms with Crippen molar-refractivity contribution in [2.75, 3.05) is 13.2 Å². The van der Waals surface area contributed by atoms with E-state index in [9.17, 15) is 0 Å². The lowest BCUT2D eigenvalue weighted by Crippen LogP contribution is -2.56. The quantitative estimate of drug-likeness (QED) is 0.609. The third-order valence-electron chi connectivity index (χ3n) is 3.16. The molecule has 2 aliphatic heterocycles. The van der Waals surface area contributed by atoms with Crippen LogP contribution in [-0.4, -0.2) is 24.8 Å². The first-order valence-corrected chi connectivity index (χ1v) is 5.14. The number of hydrogen-bond donors (Lipinski definition) is 1. The molecule has 0 saturated carbocycles. The molecule has 72 valence electrons. The molecule has 3 nitrogen and oxygen atoms in total. The van der Waals surface area contributed by atoms with Gasteiger partial charge in [-0.05, 0) is 38.6 Å². The van der Waals surface area contributed by atoms with E-state index in [1.54, 1.807) is 0 Å². The zero-order valence-electron chi connectivity index (χ0n) is 7.88. The van der Waals surface area contributed by atoms with Crippen LogP contribution in [0.1, 0.15) is 32.1 Å². The topological polar surface area (TPSA) is 45.0 Å². The Morgan fingerprint density at radius 2 is 2.15 bits per heavy atom. The van der Waals surface area contributed by atoms with E-state index in [4.69, 9.17) is 10.00 Å². The van der Waals surface area contributed by atoms with Gasteiger partial charge < -0.3 is 4.74 Å². The molecule has 0 radical (unpaired) electrons. The number of rotatable bonds is 0. The minimum absolute atomic E-state index is 0.0819.